The standard InChI is InChI=1S/C13H15ClN2O3S/c1-8-3-4-10(5-12(8)14)16-20(17,18)13-6-11(7-15)19-9(13)2/h3-6,16H,7,15H2,1-2H3. The van der Waals surface area contributed by atoms with Crippen LogP contribution in [0.3, 0.4) is 0 Å². The summed E-state index contributed by atoms with van der Waals surface area (Å²) >= 11 is 5.98. The number of rotatable bonds is 4. The summed E-state index contributed by atoms with van der Waals surface area (Å²) in [5.74, 6) is 0.723. The lowest BCUT2D eigenvalue weighted by molar-refractivity contribution is 0.479. The van der Waals surface area contributed by atoms with Gasteiger partial charge in [0.05, 0.1) is 12.2 Å². The largest absolute Gasteiger partial charge is 0.464 e. The highest BCUT2D eigenvalue weighted by atomic mass is 35.5. The van der Waals surface area contributed by atoms with Gasteiger partial charge in [0.25, 0.3) is 10.0 Å². The number of nitrogens with two attached hydrogens (primary N) is 1. The normalized spacial score (nSPS) is 11.6. The van der Waals surface area contributed by atoms with Gasteiger partial charge in [-0.2, -0.15) is 0 Å². The lowest BCUT2D eigenvalue weighted by Crippen LogP contribution is -2.13. The highest BCUT2D eigenvalue weighted by Gasteiger charge is 2.21. The van der Waals surface area contributed by atoms with Crippen molar-refractivity contribution in [3.05, 3.63) is 46.4 Å². The molecule has 0 aliphatic heterocycles. The second-order valence-electron chi connectivity index (χ2n) is 4.41. The highest BCUT2D eigenvalue weighted by Crippen LogP contribution is 2.25. The molecule has 0 amide bonds. The number of nitrogens with one attached hydrogen (secondary N) is 1. The van der Waals surface area contributed by atoms with E-state index in [0.29, 0.717) is 22.2 Å². The van der Waals surface area contributed by atoms with E-state index < -0.39 is 10.0 Å². The van der Waals surface area contributed by atoms with Gasteiger partial charge in [-0.3, -0.25) is 4.72 Å². The Morgan fingerprint density at radius 1 is 1.30 bits per heavy atom. The molecule has 2 aromatic rings. The summed E-state index contributed by atoms with van der Waals surface area (Å²) < 4.78 is 32.3. The summed E-state index contributed by atoms with van der Waals surface area (Å²) in [6.07, 6.45) is 0. The predicted molar refractivity (Wildman–Crippen MR) is 78.3 cm³/mol. The molecule has 0 atom stereocenters. The highest BCUT2D eigenvalue weighted by molar-refractivity contribution is 7.92. The van der Waals surface area contributed by atoms with Gasteiger partial charge in [-0.25, -0.2) is 8.42 Å². The van der Waals surface area contributed by atoms with Crippen molar-refractivity contribution in [2.24, 2.45) is 5.73 Å². The maximum absolute atomic E-state index is 12.3. The molecule has 7 heteroatoms. The Morgan fingerprint density at radius 2 is 2.00 bits per heavy atom. The summed E-state index contributed by atoms with van der Waals surface area (Å²) in [7, 11) is -3.72. The third kappa shape index (κ3) is 2.98. The molecule has 0 saturated heterocycles. The predicted octanol–water partition coefficient (Wildman–Crippen LogP) is 2.81. The van der Waals surface area contributed by atoms with Crippen molar-refractivity contribution in [2.75, 3.05) is 4.72 Å². The number of benzene rings is 1. The minimum absolute atomic E-state index is 0.0784. The van der Waals surface area contributed by atoms with Gasteiger partial charge < -0.3 is 10.2 Å². The van der Waals surface area contributed by atoms with E-state index in [9.17, 15) is 8.42 Å². The Balaban J connectivity index is 2.35. The number of furan rings is 1. The minimum atomic E-state index is -3.72. The fourth-order valence-corrected chi connectivity index (χ4v) is 3.19. The van der Waals surface area contributed by atoms with E-state index in [1.165, 1.54) is 6.07 Å². The van der Waals surface area contributed by atoms with E-state index in [-0.39, 0.29) is 11.4 Å². The van der Waals surface area contributed by atoms with Crippen LogP contribution in [0.15, 0.2) is 33.6 Å². The summed E-state index contributed by atoms with van der Waals surface area (Å²) in [6.45, 7) is 3.57. The Kier molecular flexibility index (Phi) is 4.08. The van der Waals surface area contributed by atoms with E-state index >= 15 is 0 Å². The van der Waals surface area contributed by atoms with Crippen LogP contribution in [0.2, 0.25) is 5.02 Å². The van der Waals surface area contributed by atoms with Crippen LogP contribution in [0.5, 0.6) is 0 Å². The Hall–Kier alpha value is -1.50. The van der Waals surface area contributed by atoms with E-state index in [1.807, 2.05) is 6.92 Å². The first-order chi connectivity index (χ1) is 9.33. The van der Waals surface area contributed by atoms with Crippen molar-refractivity contribution in [1.29, 1.82) is 0 Å². The molecule has 0 aliphatic carbocycles. The number of aryl methyl sites for hydroxylation is 2. The second-order valence-corrected chi connectivity index (χ2v) is 6.46. The summed E-state index contributed by atoms with van der Waals surface area (Å²) in [4.78, 5) is 0.0784. The van der Waals surface area contributed by atoms with E-state index in [2.05, 4.69) is 4.72 Å². The number of hydrogen-bond donors (Lipinski definition) is 2. The summed E-state index contributed by atoms with van der Waals surface area (Å²) in [6, 6.07) is 6.38. The fraction of sp³-hybridized carbons (Fsp3) is 0.231. The minimum Gasteiger partial charge on any atom is -0.464 e. The Morgan fingerprint density at radius 3 is 2.55 bits per heavy atom. The van der Waals surface area contributed by atoms with Crippen LogP contribution < -0.4 is 10.5 Å². The van der Waals surface area contributed by atoms with Crippen LogP contribution in [0.1, 0.15) is 17.1 Å². The average molecular weight is 315 g/mol. The van der Waals surface area contributed by atoms with E-state index in [1.54, 1.807) is 25.1 Å². The first-order valence-electron chi connectivity index (χ1n) is 5.92. The number of halogens is 1. The van der Waals surface area contributed by atoms with E-state index in [4.69, 9.17) is 21.8 Å². The molecule has 0 fully saturated rings. The second kappa shape index (κ2) is 5.47. The molecule has 0 saturated carbocycles. The maximum atomic E-state index is 12.3. The van der Waals surface area contributed by atoms with Gasteiger partial charge in [0.1, 0.15) is 16.4 Å². The molecule has 3 N–H and O–H groups in total. The molecule has 0 unspecified atom stereocenters. The lowest BCUT2D eigenvalue weighted by atomic mass is 10.2. The van der Waals surface area contributed by atoms with Gasteiger partial charge in [0, 0.05) is 11.1 Å². The van der Waals surface area contributed by atoms with Crippen molar-refractivity contribution < 1.29 is 12.8 Å². The van der Waals surface area contributed by atoms with Crippen LogP contribution >= 0.6 is 11.6 Å². The molecule has 1 aromatic carbocycles. The van der Waals surface area contributed by atoms with Gasteiger partial charge in [0.15, 0.2) is 0 Å². The van der Waals surface area contributed by atoms with Crippen molar-refractivity contribution in [3.63, 3.8) is 0 Å². The quantitative estimate of drug-likeness (QED) is 0.908. The van der Waals surface area contributed by atoms with Crippen LogP contribution in [-0.4, -0.2) is 8.42 Å². The van der Waals surface area contributed by atoms with Crippen LogP contribution in [0, 0.1) is 13.8 Å². The first kappa shape index (κ1) is 14.9. The molecule has 5 nitrogen and oxygen atoms in total. The SMILES string of the molecule is Cc1ccc(NS(=O)(=O)c2cc(CN)oc2C)cc1Cl. The molecule has 1 heterocycles. The molecule has 108 valence electrons. The molecule has 1 aromatic heterocycles. The summed E-state index contributed by atoms with van der Waals surface area (Å²) in [5.41, 5.74) is 6.71. The number of anilines is 1. The molecular weight excluding hydrogens is 300 g/mol. The van der Waals surface area contributed by atoms with E-state index in [0.717, 1.165) is 5.56 Å². The van der Waals surface area contributed by atoms with Gasteiger partial charge in [0.2, 0.25) is 0 Å². The molecule has 20 heavy (non-hydrogen) atoms. The Bertz CT molecular complexity index is 738. The number of sulfonamides is 1. The van der Waals surface area contributed by atoms with Gasteiger partial charge in [-0.1, -0.05) is 17.7 Å². The molecule has 0 spiro atoms. The van der Waals surface area contributed by atoms with Crippen LogP contribution in [-0.2, 0) is 16.6 Å². The monoisotopic (exact) mass is 314 g/mol. The lowest BCUT2D eigenvalue weighted by Gasteiger charge is -2.08. The average Bonchev–Trinajstić information content (AvgIpc) is 2.76. The Labute approximate surface area is 122 Å². The van der Waals surface area contributed by atoms with Gasteiger partial charge >= 0.3 is 0 Å². The molecule has 0 aliphatic rings. The third-order valence-electron chi connectivity index (χ3n) is 2.84. The molecule has 0 radical (unpaired) electrons. The van der Waals surface area contributed by atoms with Crippen LogP contribution in [0.25, 0.3) is 0 Å². The zero-order valence-electron chi connectivity index (χ0n) is 11.1. The van der Waals surface area contributed by atoms with Crippen molar-refractivity contribution >= 4 is 27.3 Å². The van der Waals surface area contributed by atoms with Crippen molar-refractivity contribution in [3.8, 4) is 0 Å². The molecular formula is C13H15ClN2O3S. The maximum Gasteiger partial charge on any atom is 0.265 e. The topological polar surface area (TPSA) is 85.3 Å². The third-order valence-corrected chi connectivity index (χ3v) is 4.73. The van der Waals surface area contributed by atoms with Gasteiger partial charge in [-0.15, -0.1) is 0 Å². The fourth-order valence-electron chi connectivity index (χ4n) is 1.76. The smallest absolute Gasteiger partial charge is 0.265 e. The zero-order valence-corrected chi connectivity index (χ0v) is 12.7. The molecule has 2 rings (SSSR count). The van der Waals surface area contributed by atoms with Crippen molar-refractivity contribution in [1.82, 2.24) is 0 Å². The first-order valence-corrected chi connectivity index (χ1v) is 7.78. The zero-order chi connectivity index (χ0) is 14.9. The van der Waals surface area contributed by atoms with Crippen LogP contribution in [0.4, 0.5) is 5.69 Å². The summed E-state index contributed by atoms with van der Waals surface area (Å²) in [5, 5.41) is 0.497. The number of hydrogen-bond acceptors (Lipinski definition) is 4. The van der Waals surface area contributed by atoms with Gasteiger partial charge in [-0.05, 0) is 31.5 Å². The molecule has 0 bridgehead atoms. The van der Waals surface area contributed by atoms with Crippen molar-refractivity contribution in [2.45, 2.75) is 25.3 Å².